The molecular weight excluding hydrogens is 423 g/mol. The lowest BCUT2D eigenvalue weighted by molar-refractivity contribution is -0.148. The van der Waals surface area contributed by atoms with Crippen LogP contribution in [0.15, 0.2) is 41.8 Å². The lowest BCUT2D eigenvalue weighted by atomic mass is 10.1. The molecule has 31 heavy (non-hydrogen) atoms. The van der Waals surface area contributed by atoms with E-state index in [-0.39, 0.29) is 11.7 Å². The Labute approximate surface area is 183 Å². The molecule has 0 unspecified atom stereocenters. The number of nitrogens with zero attached hydrogens (tertiary/aromatic N) is 2. The molecule has 0 bridgehead atoms. The Morgan fingerprint density at radius 3 is 2.32 bits per heavy atom. The maximum atomic E-state index is 13.2. The second-order valence-corrected chi connectivity index (χ2v) is 7.68. The van der Waals surface area contributed by atoms with Crippen LogP contribution in [0.25, 0.3) is 11.6 Å². The molecule has 0 spiro atoms. The van der Waals surface area contributed by atoms with Gasteiger partial charge in [-0.15, -0.1) is 11.3 Å². The maximum absolute atomic E-state index is 13.2. The van der Waals surface area contributed by atoms with E-state index >= 15 is 0 Å². The Morgan fingerprint density at radius 1 is 1.03 bits per heavy atom. The first-order chi connectivity index (χ1) is 15.0. The molecule has 1 aromatic heterocycles. The Kier molecular flexibility index (Phi) is 7.77. The first kappa shape index (κ1) is 22.5. The molecule has 0 aliphatic carbocycles. The second kappa shape index (κ2) is 10.7. The van der Waals surface area contributed by atoms with Gasteiger partial charge in [-0.3, -0.25) is 4.79 Å². The number of halogens is 1. The van der Waals surface area contributed by atoms with E-state index in [2.05, 4.69) is 0 Å². The number of ether oxygens (including phenoxy) is 2. The molecule has 1 aliphatic heterocycles. The van der Waals surface area contributed by atoms with Crippen LogP contribution in [0, 0.1) is 5.82 Å². The molecule has 164 valence electrons. The highest BCUT2D eigenvalue weighted by atomic mass is 32.1. The van der Waals surface area contributed by atoms with Gasteiger partial charge < -0.3 is 19.3 Å². The van der Waals surface area contributed by atoms with Crippen LogP contribution >= 0.6 is 11.3 Å². The number of benzene rings is 1. The number of hydrogen-bond acceptors (Lipinski definition) is 6. The van der Waals surface area contributed by atoms with Crippen LogP contribution in [0.1, 0.15) is 17.4 Å². The SMILES string of the molecule is CCOC(=O)N1CCN(C(=O)COC(=O)C(=Cc2ccc(F)cc2)c2cccs2)CC1. The number of hydrogen-bond donors (Lipinski definition) is 0. The van der Waals surface area contributed by atoms with E-state index in [4.69, 9.17) is 9.47 Å². The molecule has 2 amide bonds. The molecule has 1 saturated heterocycles. The molecule has 1 aromatic carbocycles. The summed E-state index contributed by atoms with van der Waals surface area (Å²) in [6.45, 7) is 3.06. The molecule has 2 aromatic rings. The van der Waals surface area contributed by atoms with Crippen LogP contribution < -0.4 is 0 Å². The summed E-state index contributed by atoms with van der Waals surface area (Å²) < 4.78 is 23.4. The first-order valence-electron chi connectivity index (χ1n) is 9.85. The summed E-state index contributed by atoms with van der Waals surface area (Å²) in [5.41, 5.74) is 0.935. The van der Waals surface area contributed by atoms with Crippen molar-refractivity contribution in [2.45, 2.75) is 6.92 Å². The molecule has 0 N–H and O–H groups in total. The molecule has 0 radical (unpaired) electrons. The van der Waals surface area contributed by atoms with Gasteiger partial charge in [0.15, 0.2) is 6.61 Å². The van der Waals surface area contributed by atoms with E-state index < -0.39 is 18.7 Å². The highest BCUT2D eigenvalue weighted by Crippen LogP contribution is 2.24. The Bertz CT molecular complexity index is 935. The Morgan fingerprint density at radius 2 is 1.71 bits per heavy atom. The van der Waals surface area contributed by atoms with Crippen LogP contribution in [0.2, 0.25) is 0 Å². The van der Waals surface area contributed by atoms with Crippen LogP contribution in [0.4, 0.5) is 9.18 Å². The molecule has 0 saturated carbocycles. The third kappa shape index (κ3) is 6.14. The minimum absolute atomic E-state index is 0.293. The van der Waals surface area contributed by atoms with Gasteiger partial charge in [-0.1, -0.05) is 18.2 Å². The fraction of sp³-hybridized carbons (Fsp3) is 0.318. The molecule has 2 heterocycles. The average Bonchev–Trinajstić information content (AvgIpc) is 3.31. The predicted octanol–water partition coefficient (Wildman–Crippen LogP) is 3.27. The summed E-state index contributed by atoms with van der Waals surface area (Å²) in [7, 11) is 0. The zero-order chi connectivity index (χ0) is 22.2. The van der Waals surface area contributed by atoms with Gasteiger partial charge in [-0.05, 0) is 42.1 Å². The summed E-state index contributed by atoms with van der Waals surface area (Å²) in [5, 5.41) is 1.83. The maximum Gasteiger partial charge on any atom is 0.409 e. The van der Waals surface area contributed by atoms with Gasteiger partial charge in [-0.2, -0.15) is 0 Å². The van der Waals surface area contributed by atoms with Crippen molar-refractivity contribution in [1.29, 1.82) is 0 Å². The summed E-state index contributed by atoms with van der Waals surface area (Å²) in [6, 6.07) is 9.32. The third-order valence-electron chi connectivity index (χ3n) is 4.67. The summed E-state index contributed by atoms with van der Waals surface area (Å²) in [5.74, 6) is -1.33. The van der Waals surface area contributed by atoms with Gasteiger partial charge in [0.1, 0.15) is 5.82 Å². The molecule has 3 rings (SSSR count). The highest BCUT2D eigenvalue weighted by Gasteiger charge is 2.26. The molecule has 9 heteroatoms. The molecule has 1 aliphatic rings. The van der Waals surface area contributed by atoms with Gasteiger partial charge in [0.05, 0.1) is 12.2 Å². The molecule has 0 atom stereocenters. The number of carbonyl (C=O) groups is 3. The van der Waals surface area contributed by atoms with E-state index in [0.717, 1.165) is 0 Å². The van der Waals surface area contributed by atoms with Crippen molar-refractivity contribution in [2.75, 3.05) is 39.4 Å². The summed E-state index contributed by atoms with van der Waals surface area (Å²) in [6.07, 6.45) is 1.21. The van der Waals surface area contributed by atoms with Gasteiger partial charge in [0.2, 0.25) is 0 Å². The fourth-order valence-electron chi connectivity index (χ4n) is 3.04. The Balaban J connectivity index is 1.59. The van der Waals surface area contributed by atoms with Crippen molar-refractivity contribution >= 4 is 41.0 Å². The fourth-order valence-corrected chi connectivity index (χ4v) is 3.77. The standard InChI is InChI=1S/C22H23FN2O5S/c1-2-29-22(28)25-11-9-24(10-12-25)20(26)15-30-21(27)18(19-4-3-13-31-19)14-16-5-7-17(23)8-6-16/h3-8,13-14H,2,9-12,15H2,1H3. The van der Waals surface area contributed by atoms with Crippen molar-refractivity contribution in [3.8, 4) is 0 Å². The van der Waals surface area contributed by atoms with E-state index in [1.807, 2.05) is 5.38 Å². The predicted molar refractivity (Wildman–Crippen MR) is 115 cm³/mol. The minimum atomic E-state index is -0.634. The lowest BCUT2D eigenvalue weighted by Crippen LogP contribution is -2.51. The number of carbonyl (C=O) groups excluding carboxylic acids is 3. The zero-order valence-corrected chi connectivity index (χ0v) is 17.9. The van der Waals surface area contributed by atoms with E-state index in [9.17, 15) is 18.8 Å². The quantitative estimate of drug-likeness (QED) is 0.503. The number of esters is 1. The smallest absolute Gasteiger partial charge is 0.409 e. The van der Waals surface area contributed by atoms with Gasteiger partial charge in [-0.25, -0.2) is 14.0 Å². The van der Waals surface area contributed by atoms with Gasteiger partial charge in [0, 0.05) is 31.1 Å². The van der Waals surface area contributed by atoms with Crippen molar-refractivity contribution in [3.05, 3.63) is 58.0 Å². The lowest BCUT2D eigenvalue weighted by Gasteiger charge is -2.33. The van der Waals surface area contributed by atoms with Crippen LogP contribution in [-0.2, 0) is 19.1 Å². The van der Waals surface area contributed by atoms with E-state index in [1.54, 1.807) is 47.1 Å². The average molecular weight is 447 g/mol. The molecular formula is C22H23FN2O5S. The zero-order valence-electron chi connectivity index (χ0n) is 17.1. The molecule has 7 nitrogen and oxygen atoms in total. The van der Waals surface area contributed by atoms with Gasteiger partial charge >= 0.3 is 12.1 Å². The van der Waals surface area contributed by atoms with Crippen molar-refractivity contribution in [1.82, 2.24) is 9.80 Å². The first-order valence-corrected chi connectivity index (χ1v) is 10.7. The largest absolute Gasteiger partial charge is 0.452 e. The van der Waals surface area contributed by atoms with E-state index in [0.29, 0.717) is 48.8 Å². The Hall–Kier alpha value is -3.20. The van der Waals surface area contributed by atoms with Crippen LogP contribution in [0.3, 0.4) is 0 Å². The van der Waals surface area contributed by atoms with E-state index in [1.165, 1.54) is 23.5 Å². The monoisotopic (exact) mass is 446 g/mol. The topological polar surface area (TPSA) is 76.2 Å². The van der Waals surface area contributed by atoms with Gasteiger partial charge in [0.25, 0.3) is 5.91 Å². The minimum Gasteiger partial charge on any atom is -0.452 e. The number of thiophene rings is 1. The van der Waals surface area contributed by atoms with Crippen molar-refractivity contribution in [2.24, 2.45) is 0 Å². The normalized spacial score (nSPS) is 14.3. The summed E-state index contributed by atoms with van der Waals surface area (Å²) in [4.78, 5) is 40.7. The summed E-state index contributed by atoms with van der Waals surface area (Å²) >= 11 is 1.36. The van der Waals surface area contributed by atoms with Crippen LogP contribution in [0.5, 0.6) is 0 Å². The second-order valence-electron chi connectivity index (χ2n) is 6.73. The molecule has 1 fully saturated rings. The number of rotatable bonds is 6. The highest BCUT2D eigenvalue weighted by molar-refractivity contribution is 7.11. The van der Waals surface area contributed by atoms with Crippen molar-refractivity contribution in [3.63, 3.8) is 0 Å². The number of piperazine rings is 1. The van der Waals surface area contributed by atoms with Crippen LogP contribution in [-0.4, -0.2) is 67.2 Å². The third-order valence-corrected chi connectivity index (χ3v) is 5.58. The van der Waals surface area contributed by atoms with Crippen molar-refractivity contribution < 1.29 is 28.2 Å². The number of amides is 2.